The van der Waals surface area contributed by atoms with Crippen LogP contribution in [0.2, 0.25) is 0 Å². The summed E-state index contributed by atoms with van der Waals surface area (Å²) in [6.07, 6.45) is 8.94. The highest BCUT2D eigenvalue weighted by Gasteiger charge is 2.47. The molecule has 1 amide bonds. The lowest BCUT2D eigenvalue weighted by Crippen LogP contribution is -2.64. The Balaban J connectivity index is 1.52. The molecule has 3 aliphatic rings. The summed E-state index contributed by atoms with van der Waals surface area (Å²) in [5.74, 6) is 0.365. The molecular formula is C25H39N4O3S-. The predicted octanol–water partition coefficient (Wildman–Crippen LogP) is 2.38. The number of piperidine rings is 1. The standard InChI is InChI=1S/C25H40N4O3S/c26-24(30)18-21-7-4-8-23(17-21)28-13-15-29(16-14-28)25(33(31)32,22-9-11-27-12-10-22)19-20-5-2-1-3-6-20/h4,7-8,17,20,22,27H,1-3,5-6,9-16,18-19H2,(H2,26,30)(H,31,32)/p-1. The van der Waals surface area contributed by atoms with Crippen LogP contribution in [-0.4, -0.2) is 63.7 Å². The van der Waals surface area contributed by atoms with Crippen molar-refractivity contribution in [2.75, 3.05) is 44.2 Å². The fourth-order valence-electron chi connectivity index (χ4n) is 6.35. The molecule has 1 aromatic rings. The maximum atomic E-state index is 13.1. The first-order chi connectivity index (χ1) is 16.0. The Bertz CT molecular complexity index is 818. The number of primary amides is 1. The fraction of sp³-hybridized carbons (Fsp3) is 0.720. The molecule has 2 saturated heterocycles. The normalized spacial score (nSPS) is 24.3. The van der Waals surface area contributed by atoms with E-state index in [0.29, 0.717) is 5.92 Å². The van der Waals surface area contributed by atoms with Crippen LogP contribution in [0.1, 0.15) is 56.9 Å². The third kappa shape index (κ3) is 5.78. The lowest BCUT2D eigenvalue weighted by molar-refractivity contribution is -0.117. The van der Waals surface area contributed by atoms with Crippen molar-refractivity contribution in [3.8, 4) is 0 Å². The van der Waals surface area contributed by atoms with Crippen LogP contribution in [0.3, 0.4) is 0 Å². The van der Waals surface area contributed by atoms with Crippen molar-refractivity contribution in [3.05, 3.63) is 29.8 Å². The minimum absolute atomic E-state index is 0.185. The van der Waals surface area contributed by atoms with E-state index in [2.05, 4.69) is 21.2 Å². The molecule has 33 heavy (non-hydrogen) atoms. The van der Waals surface area contributed by atoms with Gasteiger partial charge in [0.2, 0.25) is 5.91 Å². The molecule has 0 bridgehead atoms. The van der Waals surface area contributed by atoms with Gasteiger partial charge in [-0.3, -0.25) is 13.9 Å². The number of anilines is 1. The van der Waals surface area contributed by atoms with Gasteiger partial charge < -0.3 is 20.5 Å². The molecule has 8 heteroatoms. The van der Waals surface area contributed by atoms with Crippen molar-refractivity contribution in [3.63, 3.8) is 0 Å². The minimum Gasteiger partial charge on any atom is -0.771 e. The Hall–Kier alpha value is -1.48. The molecule has 7 nitrogen and oxygen atoms in total. The van der Waals surface area contributed by atoms with Crippen LogP contribution in [0.25, 0.3) is 0 Å². The number of carbonyl (C=O) groups excluding carboxylic acids is 1. The van der Waals surface area contributed by atoms with Gasteiger partial charge in [-0.25, -0.2) is 0 Å². The smallest absolute Gasteiger partial charge is 0.221 e. The lowest BCUT2D eigenvalue weighted by Gasteiger charge is -2.55. The molecule has 0 radical (unpaired) electrons. The second-order valence-corrected chi connectivity index (χ2v) is 11.3. The number of rotatable bonds is 8. The van der Waals surface area contributed by atoms with Gasteiger partial charge in [0.05, 0.1) is 11.3 Å². The molecule has 4 rings (SSSR count). The van der Waals surface area contributed by atoms with Crippen LogP contribution < -0.4 is 16.0 Å². The molecule has 2 atom stereocenters. The van der Waals surface area contributed by atoms with Gasteiger partial charge in [0.15, 0.2) is 0 Å². The highest BCUT2D eigenvalue weighted by molar-refractivity contribution is 7.80. The van der Waals surface area contributed by atoms with Crippen molar-refractivity contribution in [2.45, 2.75) is 62.7 Å². The molecular weight excluding hydrogens is 436 g/mol. The van der Waals surface area contributed by atoms with Crippen LogP contribution in [-0.2, 0) is 22.3 Å². The zero-order valence-corrected chi connectivity index (χ0v) is 20.5. The third-order valence-corrected chi connectivity index (χ3v) is 9.38. The van der Waals surface area contributed by atoms with E-state index in [1.807, 2.05) is 18.2 Å². The number of hydrogen-bond donors (Lipinski definition) is 2. The van der Waals surface area contributed by atoms with Crippen LogP contribution in [0.4, 0.5) is 5.69 Å². The second kappa shape index (κ2) is 11.3. The fourth-order valence-corrected chi connectivity index (χ4v) is 7.62. The number of hydrogen-bond acceptors (Lipinski definition) is 6. The van der Waals surface area contributed by atoms with Crippen molar-refractivity contribution >= 4 is 22.7 Å². The van der Waals surface area contributed by atoms with E-state index in [9.17, 15) is 13.6 Å². The first-order valence-electron chi connectivity index (χ1n) is 12.7. The Labute approximate surface area is 200 Å². The first kappa shape index (κ1) is 24.6. The maximum absolute atomic E-state index is 13.1. The summed E-state index contributed by atoms with van der Waals surface area (Å²) < 4.78 is 26.1. The first-order valence-corrected chi connectivity index (χ1v) is 13.7. The van der Waals surface area contributed by atoms with E-state index in [1.165, 1.54) is 19.3 Å². The number of nitrogens with two attached hydrogens (primary N) is 1. The van der Waals surface area contributed by atoms with Crippen molar-refractivity contribution < 1.29 is 13.6 Å². The van der Waals surface area contributed by atoms with Crippen LogP contribution >= 0.6 is 0 Å². The summed E-state index contributed by atoms with van der Waals surface area (Å²) in [6, 6.07) is 7.99. The minimum atomic E-state index is -2.15. The molecule has 3 N–H and O–H groups in total. The summed E-state index contributed by atoms with van der Waals surface area (Å²) in [6.45, 7) is 4.86. The van der Waals surface area contributed by atoms with E-state index in [1.54, 1.807) is 0 Å². The number of nitrogens with zero attached hydrogens (tertiary/aromatic N) is 2. The van der Waals surface area contributed by atoms with E-state index in [-0.39, 0.29) is 18.2 Å². The van der Waals surface area contributed by atoms with Crippen molar-refractivity contribution in [2.24, 2.45) is 17.6 Å². The Kier molecular flexibility index (Phi) is 8.43. The number of amides is 1. The summed E-state index contributed by atoms with van der Waals surface area (Å²) >= 11 is -2.15. The molecule has 184 valence electrons. The average molecular weight is 476 g/mol. The maximum Gasteiger partial charge on any atom is 0.221 e. The lowest BCUT2D eigenvalue weighted by atomic mass is 9.78. The molecule has 2 heterocycles. The SMILES string of the molecule is NC(=O)Cc1cccc(N2CCN(C(CC3CCCCC3)(C3CCNCC3)S(=O)[O-])CC2)c1. The van der Waals surface area contributed by atoms with Gasteiger partial charge in [-0.15, -0.1) is 0 Å². The van der Waals surface area contributed by atoms with Gasteiger partial charge in [-0.1, -0.05) is 44.2 Å². The van der Waals surface area contributed by atoms with Gasteiger partial charge in [-0.05, 0) is 73.0 Å². The van der Waals surface area contributed by atoms with E-state index in [0.717, 1.165) is 82.6 Å². The molecule has 0 spiro atoms. The number of piperazine rings is 1. The van der Waals surface area contributed by atoms with Crippen molar-refractivity contribution in [1.29, 1.82) is 0 Å². The largest absolute Gasteiger partial charge is 0.771 e. The third-order valence-electron chi connectivity index (χ3n) is 8.04. The predicted molar refractivity (Wildman–Crippen MR) is 132 cm³/mol. The van der Waals surface area contributed by atoms with Gasteiger partial charge in [0.25, 0.3) is 0 Å². The molecule has 2 aliphatic heterocycles. The van der Waals surface area contributed by atoms with Gasteiger partial charge in [0.1, 0.15) is 0 Å². The monoisotopic (exact) mass is 475 g/mol. The highest BCUT2D eigenvalue weighted by atomic mass is 32.2. The van der Waals surface area contributed by atoms with Gasteiger partial charge in [-0.2, -0.15) is 0 Å². The molecule has 1 aromatic carbocycles. The van der Waals surface area contributed by atoms with E-state index in [4.69, 9.17) is 5.73 Å². The van der Waals surface area contributed by atoms with Gasteiger partial charge in [0, 0.05) is 31.9 Å². The summed E-state index contributed by atoms with van der Waals surface area (Å²) in [4.78, 5) is 15.2. The molecule has 1 aliphatic carbocycles. The number of carbonyl (C=O) groups is 1. The summed E-state index contributed by atoms with van der Waals surface area (Å²) in [7, 11) is 0. The zero-order chi connectivity index (χ0) is 23.3. The average Bonchev–Trinajstić information content (AvgIpc) is 2.83. The zero-order valence-electron chi connectivity index (χ0n) is 19.7. The van der Waals surface area contributed by atoms with E-state index < -0.39 is 16.0 Å². The Morgan fingerprint density at radius 1 is 1.09 bits per heavy atom. The Morgan fingerprint density at radius 2 is 1.79 bits per heavy atom. The number of nitrogens with one attached hydrogen (secondary N) is 1. The highest BCUT2D eigenvalue weighted by Crippen LogP contribution is 2.43. The van der Waals surface area contributed by atoms with Crippen LogP contribution in [0, 0.1) is 11.8 Å². The topological polar surface area (TPSA) is 102 Å². The second-order valence-electron chi connectivity index (χ2n) is 10.1. The molecule has 3 fully saturated rings. The van der Waals surface area contributed by atoms with Gasteiger partial charge >= 0.3 is 0 Å². The quantitative estimate of drug-likeness (QED) is 0.560. The molecule has 2 unspecified atom stereocenters. The molecule has 1 saturated carbocycles. The van der Waals surface area contributed by atoms with Crippen LogP contribution in [0.15, 0.2) is 24.3 Å². The van der Waals surface area contributed by atoms with E-state index >= 15 is 0 Å². The summed E-state index contributed by atoms with van der Waals surface area (Å²) in [5.41, 5.74) is 7.37. The molecule has 0 aromatic heterocycles. The van der Waals surface area contributed by atoms with Crippen molar-refractivity contribution in [1.82, 2.24) is 10.2 Å². The number of benzene rings is 1. The summed E-state index contributed by atoms with van der Waals surface area (Å²) in [5, 5.41) is 3.42. The van der Waals surface area contributed by atoms with Crippen LogP contribution in [0.5, 0.6) is 0 Å². The Morgan fingerprint density at radius 3 is 2.42 bits per heavy atom.